The summed E-state index contributed by atoms with van der Waals surface area (Å²) in [5, 5.41) is 12.6. The minimum atomic E-state index is -1.42. The van der Waals surface area contributed by atoms with Crippen LogP contribution in [0.5, 0.6) is 11.6 Å². The van der Waals surface area contributed by atoms with Crippen LogP contribution >= 0.6 is 0 Å². The number of nitrogens with one attached hydrogen (secondary N) is 3. The molecule has 17 heteroatoms. The van der Waals surface area contributed by atoms with Gasteiger partial charge < -0.3 is 44.5 Å². The van der Waals surface area contributed by atoms with Gasteiger partial charge in [0.2, 0.25) is 35.4 Å². The number of pyridine rings is 1. The van der Waals surface area contributed by atoms with Crippen LogP contribution in [0.1, 0.15) is 78.6 Å². The molecule has 2 aromatic carbocycles. The highest BCUT2D eigenvalue weighted by Gasteiger charge is 2.38. The molecular formula is C45H56N8O9. The quantitative estimate of drug-likeness (QED) is 0.167. The van der Waals surface area contributed by atoms with E-state index in [4.69, 9.17) is 18.7 Å². The summed E-state index contributed by atoms with van der Waals surface area (Å²) in [4.78, 5) is 82.9. The number of fused-ring (bicyclic) bond motifs is 1. The Morgan fingerprint density at radius 2 is 1.65 bits per heavy atom. The van der Waals surface area contributed by atoms with Crippen molar-refractivity contribution in [3.8, 4) is 11.6 Å². The van der Waals surface area contributed by atoms with Gasteiger partial charge in [-0.3, -0.25) is 24.0 Å². The van der Waals surface area contributed by atoms with Crippen molar-refractivity contribution in [3.63, 3.8) is 0 Å². The van der Waals surface area contributed by atoms with Crippen LogP contribution in [0.4, 0.5) is 0 Å². The number of carbonyl (C=O) groups is 5. The number of likely N-dealkylation sites (N-methyl/N-ethyl adjacent to an activating group) is 2. The van der Waals surface area contributed by atoms with Crippen LogP contribution in [0.15, 0.2) is 77.4 Å². The second-order valence-corrected chi connectivity index (χ2v) is 16.1. The minimum Gasteiger partial charge on any atom is -0.490 e. The molecule has 6 rings (SSSR count). The molecule has 0 spiro atoms. The molecule has 5 amide bonds. The lowest BCUT2D eigenvalue weighted by molar-refractivity contribution is -0.150. The molecule has 62 heavy (non-hydrogen) atoms. The third-order valence-corrected chi connectivity index (χ3v) is 10.8. The van der Waals surface area contributed by atoms with Crippen molar-refractivity contribution >= 4 is 29.5 Å². The van der Waals surface area contributed by atoms with Crippen LogP contribution in [-0.4, -0.2) is 120 Å². The van der Waals surface area contributed by atoms with Gasteiger partial charge in [0.25, 0.3) is 5.91 Å². The van der Waals surface area contributed by atoms with Gasteiger partial charge in [-0.25, -0.2) is 4.98 Å². The third kappa shape index (κ3) is 12.1. The lowest BCUT2D eigenvalue weighted by Gasteiger charge is -2.36. The number of methoxy groups -OCH3 is 1. The molecule has 0 bridgehead atoms. The van der Waals surface area contributed by atoms with Crippen molar-refractivity contribution in [2.45, 2.75) is 89.1 Å². The predicted molar refractivity (Wildman–Crippen MR) is 226 cm³/mol. The number of amides is 5. The smallest absolute Gasteiger partial charge is 0.261 e. The lowest BCUT2D eigenvalue weighted by atomic mass is 9.99. The predicted octanol–water partition coefficient (Wildman–Crippen LogP) is 3.23. The van der Waals surface area contributed by atoms with Crippen LogP contribution in [0.2, 0.25) is 0 Å². The first-order valence-electron chi connectivity index (χ1n) is 21.0. The van der Waals surface area contributed by atoms with E-state index in [1.54, 1.807) is 0 Å². The highest BCUT2D eigenvalue weighted by Crippen LogP contribution is 2.38. The number of hydrogen-bond acceptors (Lipinski definition) is 12. The summed E-state index contributed by atoms with van der Waals surface area (Å²) >= 11 is 0. The molecule has 0 saturated heterocycles. The van der Waals surface area contributed by atoms with Gasteiger partial charge in [0.15, 0.2) is 5.82 Å². The first-order chi connectivity index (χ1) is 29.9. The molecule has 4 atom stereocenters. The van der Waals surface area contributed by atoms with E-state index in [1.165, 1.54) is 43.3 Å². The molecule has 3 N–H and O–H groups in total. The van der Waals surface area contributed by atoms with Crippen molar-refractivity contribution in [3.05, 3.63) is 101 Å². The van der Waals surface area contributed by atoms with Gasteiger partial charge in [0.1, 0.15) is 36.0 Å². The van der Waals surface area contributed by atoms with Crippen molar-refractivity contribution < 1.29 is 42.7 Å². The Bertz CT molecular complexity index is 2150. The second kappa shape index (κ2) is 21.4. The molecule has 1 fully saturated rings. The molecular weight excluding hydrogens is 797 g/mol. The number of carbonyl (C=O) groups excluding carboxylic acids is 5. The molecule has 3 heterocycles. The Morgan fingerprint density at radius 3 is 2.32 bits per heavy atom. The minimum absolute atomic E-state index is 0.0588. The Morgan fingerprint density at radius 1 is 0.935 bits per heavy atom. The molecule has 1 saturated carbocycles. The maximum absolute atomic E-state index is 14.6. The number of ether oxygens (including phenoxy) is 3. The molecule has 330 valence electrons. The van der Waals surface area contributed by atoms with E-state index < -0.39 is 60.1 Å². The average Bonchev–Trinajstić information content (AvgIpc) is 4.02. The number of benzene rings is 2. The lowest BCUT2D eigenvalue weighted by Crippen LogP contribution is -2.58. The van der Waals surface area contributed by atoms with Gasteiger partial charge in [-0.05, 0) is 48.8 Å². The molecule has 0 unspecified atom stereocenters. The monoisotopic (exact) mass is 852 g/mol. The molecule has 2 aromatic heterocycles. The Labute approximate surface area is 361 Å². The van der Waals surface area contributed by atoms with Gasteiger partial charge in [-0.15, -0.1) is 0 Å². The fraction of sp³-hybridized carbons (Fsp3) is 0.467. The fourth-order valence-electron chi connectivity index (χ4n) is 7.16. The van der Waals surface area contributed by atoms with Crippen LogP contribution in [0, 0.1) is 5.92 Å². The number of nitrogens with zero attached hydrogens (tertiary/aromatic N) is 5. The largest absolute Gasteiger partial charge is 0.490 e. The van der Waals surface area contributed by atoms with Gasteiger partial charge >= 0.3 is 0 Å². The number of hydrogen-bond donors (Lipinski definition) is 3. The van der Waals surface area contributed by atoms with Crippen molar-refractivity contribution in [2.75, 3.05) is 41.0 Å². The molecule has 1 aliphatic heterocycles. The number of rotatable bonds is 14. The highest BCUT2D eigenvalue weighted by atomic mass is 16.5. The van der Waals surface area contributed by atoms with E-state index in [9.17, 15) is 24.0 Å². The maximum Gasteiger partial charge on any atom is 0.261 e. The Kier molecular flexibility index (Phi) is 15.6. The third-order valence-electron chi connectivity index (χ3n) is 10.8. The summed E-state index contributed by atoms with van der Waals surface area (Å²) in [6, 6.07) is 16.2. The zero-order valence-corrected chi connectivity index (χ0v) is 35.9. The summed E-state index contributed by atoms with van der Waals surface area (Å²) in [6.45, 7) is 3.81. The van der Waals surface area contributed by atoms with E-state index in [-0.39, 0.29) is 68.2 Å². The summed E-state index contributed by atoms with van der Waals surface area (Å²) < 4.78 is 23.3. The molecule has 2 aliphatic rings. The summed E-state index contributed by atoms with van der Waals surface area (Å²) in [5.41, 5.74) is 1.65. The van der Waals surface area contributed by atoms with Crippen LogP contribution in [-0.2, 0) is 43.4 Å². The van der Waals surface area contributed by atoms with Crippen molar-refractivity contribution in [2.24, 2.45) is 5.92 Å². The van der Waals surface area contributed by atoms with Crippen LogP contribution in [0.25, 0.3) is 0 Å². The highest BCUT2D eigenvalue weighted by molar-refractivity contribution is 6.02. The molecule has 17 nitrogen and oxygen atoms in total. The van der Waals surface area contributed by atoms with Crippen LogP contribution < -0.4 is 25.4 Å². The normalized spacial score (nSPS) is 20.5. The van der Waals surface area contributed by atoms with Gasteiger partial charge in [0, 0.05) is 39.2 Å². The van der Waals surface area contributed by atoms with Gasteiger partial charge in [-0.2, -0.15) is 4.98 Å². The van der Waals surface area contributed by atoms with Crippen molar-refractivity contribution in [1.29, 1.82) is 0 Å². The summed E-state index contributed by atoms with van der Waals surface area (Å²) in [6.07, 6.45) is 3.67. The van der Waals surface area contributed by atoms with Crippen LogP contribution in [0.3, 0.4) is 0 Å². The maximum atomic E-state index is 14.6. The molecule has 4 aromatic rings. The SMILES string of the molecule is COc1nccc2c1C(=O)N[C@H](C(=O)NCCc1nc(C3CC3)no1)CC(=O)N(C)[C@@H](CC(C)C)C(=O)N(C)[C@@H](COCc1ccccc1)C(=O)N[C@H](Cc1ccccc1)CO2. The molecule has 0 radical (unpaired) electrons. The topological polar surface area (TPSA) is 207 Å². The first-order valence-corrected chi connectivity index (χ1v) is 21.0. The standard InChI is InChI=1S/C45H56N8O9/c1-28(2)22-34-45(58)53(4)35(27-60-25-30-14-10-7-11-15-30)42(56)48-32(23-29-12-8-6-9-13-29)26-61-36-18-20-47-44(59-5)39(36)43(57)49-33(24-38(54)52(34)3)41(55)46-21-19-37-50-40(51-62-37)31-16-17-31/h6-15,18,20,28,31-35H,16-17,19,21-27H2,1-5H3,(H,46,55)(H,48,56)(H,49,57)/t32-,33+,34+,35+/m1/s1. The second-order valence-electron chi connectivity index (χ2n) is 16.1. The zero-order chi connectivity index (χ0) is 44.2. The molecule has 1 aliphatic carbocycles. The van der Waals surface area contributed by atoms with E-state index in [0.717, 1.165) is 24.0 Å². The summed E-state index contributed by atoms with van der Waals surface area (Å²) in [7, 11) is 4.34. The summed E-state index contributed by atoms with van der Waals surface area (Å²) in [5.74, 6) is -1.89. The number of aromatic nitrogens is 3. The van der Waals surface area contributed by atoms with E-state index in [2.05, 4.69) is 31.1 Å². The zero-order valence-electron chi connectivity index (χ0n) is 35.9. The van der Waals surface area contributed by atoms with Gasteiger partial charge in [-0.1, -0.05) is 79.7 Å². The van der Waals surface area contributed by atoms with E-state index in [1.807, 2.05) is 74.5 Å². The van der Waals surface area contributed by atoms with Crippen molar-refractivity contribution in [1.82, 2.24) is 40.9 Å². The fourth-order valence-corrected chi connectivity index (χ4v) is 7.16. The van der Waals surface area contributed by atoms with E-state index >= 15 is 0 Å². The van der Waals surface area contributed by atoms with E-state index in [0.29, 0.717) is 18.1 Å². The Hall–Kier alpha value is -6.36. The Balaban J connectivity index is 1.34. The first kappa shape index (κ1) is 45.2. The average molecular weight is 853 g/mol. The van der Waals surface area contributed by atoms with Gasteiger partial charge in [0.05, 0.1) is 32.8 Å².